The second-order valence-corrected chi connectivity index (χ2v) is 8.73. The number of nitrogens with two attached hydrogens (primary N) is 1. The molecule has 1 atom stereocenters. The summed E-state index contributed by atoms with van der Waals surface area (Å²) in [4.78, 5) is 12.4. The highest BCUT2D eigenvalue weighted by atomic mass is 79.9. The van der Waals surface area contributed by atoms with Crippen molar-refractivity contribution in [1.82, 2.24) is 4.31 Å². The van der Waals surface area contributed by atoms with Crippen LogP contribution in [-0.2, 0) is 32.5 Å². The number of carbonyl (C=O) groups is 1. The summed E-state index contributed by atoms with van der Waals surface area (Å²) in [5.74, 6) is -0.618. The first kappa shape index (κ1) is 20.4. The van der Waals surface area contributed by atoms with Crippen molar-refractivity contribution in [3.63, 3.8) is 0 Å². The third kappa shape index (κ3) is 5.30. The van der Waals surface area contributed by atoms with E-state index in [1.54, 1.807) is 18.2 Å². The molecule has 0 heterocycles. The zero-order chi connectivity index (χ0) is 19.3. The number of ether oxygens (including phenoxy) is 1. The molecule has 0 aliphatic heterocycles. The molecule has 2 aromatic carbocycles. The molecule has 0 bridgehead atoms. The van der Waals surface area contributed by atoms with Crippen LogP contribution in [-0.4, -0.2) is 38.1 Å². The smallest absolute Gasteiger partial charge is 0.324 e. The van der Waals surface area contributed by atoms with Crippen LogP contribution < -0.4 is 5.73 Å². The van der Waals surface area contributed by atoms with Gasteiger partial charge in [-0.3, -0.25) is 4.79 Å². The maximum absolute atomic E-state index is 12.4. The van der Waals surface area contributed by atoms with Gasteiger partial charge < -0.3 is 10.5 Å². The number of halogens is 1. The summed E-state index contributed by atoms with van der Waals surface area (Å²) in [5.41, 5.74) is 7.87. The van der Waals surface area contributed by atoms with Crippen molar-refractivity contribution in [1.29, 1.82) is 0 Å². The van der Waals surface area contributed by atoms with Gasteiger partial charge in [-0.15, -0.1) is 0 Å². The topological polar surface area (TPSA) is 89.7 Å². The van der Waals surface area contributed by atoms with Crippen LogP contribution in [0.15, 0.2) is 53.0 Å². The zero-order valence-electron chi connectivity index (χ0n) is 14.6. The van der Waals surface area contributed by atoms with E-state index in [1.165, 1.54) is 7.11 Å². The molecular weight excluding hydrogens is 420 g/mol. The van der Waals surface area contributed by atoms with Crippen molar-refractivity contribution in [2.24, 2.45) is 0 Å². The molecule has 2 aromatic rings. The van der Waals surface area contributed by atoms with E-state index in [1.807, 2.05) is 30.3 Å². The second kappa shape index (κ2) is 8.66. The Morgan fingerprint density at radius 2 is 1.88 bits per heavy atom. The summed E-state index contributed by atoms with van der Waals surface area (Å²) in [7, 11) is -2.46. The van der Waals surface area contributed by atoms with E-state index >= 15 is 0 Å². The van der Waals surface area contributed by atoms with Gasteiger partial charge in [-0.1, -0.05) is 46.3 Å². The van der Waals surface area contributed by atoms with E-state index in [0.29, 0.717) is 11.3 Å². The first-order valence-corrected chi connectivity index (χ1v) is 10.5. The molecular formula is C18H21BrN2O4S. The van der Waals surface area contributed by atoms with E-state index in [9.17, 15) is 13.2 Å². The minimum atomic E-state index is -3.71. The fraction of sp³-hybridized carbons (Fsp3) is 0.278. The van der Waals surface area contributed by atoms with Crippen molar-refractivity contribution in [3.05, 3.63) is 64.1 Å². The van der Waals surface area contributed by atoms with Crippen LogP contribution in [0.3, 0.4) is 0 Å². The number of carbonyl (C=O) groups excluding carboxylic acids is 1. The lowest BCUT2D eigenvalue weighted by Crippen LogP contribution is -2.46. The molecule has 0 fully saturated rings. The lowest BCUT2D eigenvalue weighted by molar-refractivity contribution is -0.145. The van der Waals surface area contributed by atoms with Gasteiger partial charge in [0.05, 0.1) is 13.4 Å². The molecule has 0 aliphatic carbocycles. The standard InChI is InChI=1S/C18H21BrN2O4S/c1-25-18(22)17(10-13-6-4-3-5-7-13)21(26(2,23)24)12-14-11-15(19)8-9-16(14)20/h3-9,11,17H,10,12,20H2,1-2H3. The first-order chi connectivity index (χ1) is 12.2. The fourth-order valence-corrected chi connectivity index (χ4v) is 4.02. The predicted octanol–water partition coefficient (Wildman–Crippen LogP) is 2.58. The number of hydrogen-bond acceptors (Lipinski definition) is 5. The number of hydrogen-bond donors (Lipinski definition) is 1. The fourth-order valence-electron chi connectivity index (χ4n) is 2.61. The molecule has 8 heteroatoms. The lowest BCUT2D eigenvalue weighted by atomic mass is 10.1. The summed E-state index contributed by atoms with van der Waals surface area (Å²) in [6.07, 6.45) is 1.27. The number of sulfonamides is 1. The minimum Gasteiger partial charge on any atom is -0.468 e. The van der Waals surface area contributed by atoms with Crippen molar-refractivity contribution < 1.29 is 17.9 Å². The molecule has 1 unspecified atom stereocenters. The third-order valence-corrected chi connectivity index (χ3v) is 5.68. The number of nitrogens with zero attached hydrogens (tertiary/aromatic N) is 1. The van der Waals surface area contributed by atoms with Gasteiger partial charge in [0.15, 0.2) is 0 Å². The normalized spacial score (nSPS) is 12.8. The van der Waals surface area contributed by atoms with Gasteiger partial charge in [0.2, 0.25) is 10.0 Å². The average molecular weight is 441 g/mol. The van der Waals surface area contributed by atoms with Crippen LogP contribution in [0.5, 0.6) is 0 Å². The summed E-state index contributed by atoms with van der Waals surface area (Å²) >= 11 is 3.35. The Morgan fingerprint density at radius 3 is 2.46 bits per heavy atom. The predicted molar refractivity (Wildman–Crippen MR) is 105 cm³/mol. The van der Waals surface area contributed by atoms with Crippen LogP contribution in [0.25, 0.3) is 0 Å². The van der Waals surface area contributed by atoms with Crippen molar-refractivity contribution >= 4 is 37.6 Å². The van der Waals surface area contributed by atoms with Crippen LogP contribution in [0.4, 0.5) is 5.69 Å². The zero-order valence-corrected chi connectivity index (χ0v) is 17.0. The Bertz CT molecular complexity index is 872. The van der Waals surface area contributed by atoms with Gasteiger partial charge in [0.25, 0.3) is 0 Å². The van der Waals surface area contributed by atoms with E-state index in [-0.39, 0.29) is 13.0 Å². The Kier molecular flexibility index (Phi) is 6.80. The number of anilines is 1. The van der Waals surface area contributed by atoms with E-state index in [4.69, 9.17) is 10.5 Å². The molecule has 0 radical (unpaired) electrons. The largest absolute Gasteiger partial charge is 0.468 e. The SMILES string of the molecule is COC(=O)C(Cc1ccccc1)N(Cc1cc(Br)ccc1N)S(C)(=O)=O. The van der Waals surface area contributed by atoms with Gasteiger partial charge in [0, 0.05) is 16.7 Å². The number of rotatable bonds is 7. The molecule has 140 valence electrons. The molecule has 2 rings (SSSR count). The van der Waals surface area contributed by atoms with Crippen molar-refractivity contribution in [2.45, 2.75) is 19.0 Å². The number of esters is 1. The first-order valence-electron chi connectivity index (χ1n) is 7.85. The molecule has 2 N–H and O–H groups in total. The maximum Gasteiger partial charge on any atom is 0.324 e. The minimum absolute atomic E-state index is 0.0310. The Morgan fingerprint density at radius 1 is 1.23 bits per heavy atom. The molecule has 26 heavy (non-hydrogen) atoms. The van der Waals surface area contributed by atoms with E-state index in [2.05, 4.69) is 15.9 Å². The number of nitrogen functional groups attached to an aromatic ring is 1. The Hall–Kier alpha value is -1.90. The molecule has 0 aliphatic rings. The molecule has 0 spiro atoms. The second-order valence-electron chi connectivity index (χ2n) is 5.88. The maximum atomic E-state index is 12.4. The summed E-state index contributed by atoms with van der Waals surface area (Å²) in [6.45, 7) is -0.0310. The summed E-state index contributed by atoms with van der Waals surface area (Å²) in [5, 5.41) is 0. The number of methoxy groups -OCH3 is 1. The number of benzene rings is 2. The van der Waals surface area contributed by atoms with E-state index < -0.39 is 22.0 Å². The molecule has 0 saturated carbocycles. The molecule has 6 nitrogen and oxygen atoms in total. The quantitative estimate of drug-likeness (QED) is 0.527. The van der Waals surface area contributed by atoms with Crippen LogP contribution >= 0.6 is 15.9 Å². The van der Waals surface area contributed by atoms with Gasteiger partial charge in [-0.25, -0.2) is 8.42 Å². The highest BCUT2D eigenvalue weighted by molar-refractivity contribution is 9.10. The van der Waals surface area contributed by atoms with Crippen molar-refractivity contribution in [2.75, 3.05) is 19.1 Å². The molecule has 0 saturated heterocycles. The highest BCUT2D eigenvalue weighted by Crippen LogP contribution is 2.24. The average Bonchev–Trinajstić information content (AvgIpc) is 2.60. The van der Waals surface area contributed by atoms with Gasteiger partial charge in [-0.05, 0) is 35.7 Å². The Labute approximate surface area is 162 Å². The summed E-state index contributed by atoms with van der Waals surface area (Å²) < 4.78 is 31.7. The third-order valence-electron chi connectivity index (χ3n) is 3.95. The van der Waals surface area contributed by atoms with Gasteiger partial charge in [0.1, 0.15) is 6.04 Å². The van der Waals surface area contributed by atoms with E-state index in [0.717, 1.165) is 20.6 Å². The molecule has 0 aromatic heterocycles. The van der Waals surface area contributed by atoms with Gasteiger partial charge in [-0.2, -0.15) is 4.31 Å². The van der Waals surface area contributed by atoms with Crippen molar-refractivity contribution in [3.8, 4) is 0 Å². The molecule has 0 amide bonds. The van der Waals surface area contributed by atoms with Gasteiger partial charge >= 0.3 is 5.97 Å². The van der Waals surface area contributed by atoms with Crippen LogP contribution in [0.2, 0.25) is 0 Å². The Balaban J connectivity index is 2.43. The summed E-state index contributed by atoms with van der Waals surface area (Å²) in [6, 6.07) is 13.4. The van der Waals surface area contributed by atoms with Crippen LogP contribution in [0.1, 0.15) is 11.1 Å². The monoisotopic (exact) mass is 440 g/mol. The lowest BCUT2D eigenvalue weighted by Gasteiger charge is -2.28. The highest BCUT2D eigenvalue weighted by Gasteiger charge is 2.34. The van der Waals surface area contributed by atoms with Crippen LogP contribution in [0, 0.1) is 0 Å².